The van der Waals surface area contributed by atoms with Crippen LogP contribution < -0.4 is 10.2 Å². The van der Waals surface area contributed by atoms with Crippen molar-refractivity contribution in [1.82, 2.24) is 5.32 Å². The van der Waals surface area contributed by atoms with E-state index in [9.17, 15) is 4.79 Å². The molecule has 1 aromatic carbocycles. The fourth-order valence-electron chi connectivity index (χ4n) is 1.78. The van der Waals surface area contributed by atoms with Crippen LogP contribution in [0.2, 0.25) is 0 Å². The summed E-state index contributed by atoms with van der Waals surface area (Å²) in [5, 5.41) is 2.74. The number of carbonyl (C=O) groups is 1. The fraction of sp³-hybridized carbons (Fsp3) is 0.533. The maximum Gasteiger partial charge on any atom is 0.407 e. The van der Waals surface area contributed by atoms with E-state index in [0.717, 1.165) is 25.1 Å². The third-order valence-corrected chi connectivity index (χ3v) is 2.90. The number of nitrogens with one attached hydrogen (secondary N) is 1. The monoisotopic (exact) mass is 264 g/mol. The van der Waals surface area contributed by atoms with Crippen molar-refractivity contribution in [3.05, 3.63) is 30.3 Å². The molecular formula is C15H24N2O2. The van der Waals surface area contributed by atoms with E-state index in [4.69, 9.17) is 4.74 Å². The van der Waals surface area contributed by atoms with Gasteiger partial charge in [0.2, 0.25) is 0 Å². The van der Waals surface area contributed by atoms with Crippen LogP contribution in [-0.4, -0.2) is 32.3 Å². The van der Waals surface area contributed by atoms with Crippen molar-refractivity contribution < 1.29 is 9.53 Å². The largest absolute Gasteiger partial charge is 0.448 e. The quantitative estimate of drug-likeness (QED) is 0.734. The fourth-order valence-corrected chi connectivity index (χ4v) is 1.78. The van der Waals surface area contributed by atoms with Crippen LogP contribution in [-0.2, 0) is 4.74 Å². The van der Waals surface area contributed by atoms with Crippen molar-refractivity contribution in [2.75, 3.05) is 31.1 Å². The van der Waals surface area contributed by atoms with Gasteiger partial charge in [0.25, 0.3) is 0 Å². The number of anilines is 1. The highest BCUT2D eigenvalue weighted by Crippen LogP contribution is 2.11. The molecular weight excluding hydrogens is 240 g/mol. The molecule has 0 spiro atoms. The summed E-state index contributed by atoms with van der Waals surface area (Å²) in [6, 6.07) is 10.1. The Bertz CT molecular complexity index is 354. The van der Waals surface area contributed by atoms with Crippen molar-refractivity contribution >= 4 is 11.8 Å². The Balaban J connectivity index is 2.25. The molecule has 0 saturated heterocycles. The first-order chi connectivity index (χ1) is 9.27. The number of unbranched alkanes of at least 4 members (excludes halogenated alkanes) is 1. The van der Waals surface area contributed by atoms with Crippen LogP contribution in [0.4, 0.5) is 10.5 Å². The minimum atomic E-state index is -0.322. The first-order valence-electron chi connectivity index (χ1n) is 6.98. The average molecular weight is 264 g/mol. The Kier molecular flexibility index (Phi) is 7.47. The van der Waals surface area contributed by atoms with Gasteiger partial charge in [-0.15, -0.1) is 0 Å². The first-order valence-corrected chi connectivity index (χ1v) is 6.98. The van der Waals surface area contributed by atoms with Gasteiger partial charge in [0.1, 0.15) is 6.61 Å². The Morgan fingerprint density at radius 3 is 2.63 bits per heavy atom. The second-order valence-corrected chi connectivity index (χ2v) is 4.33. The standard InChI is InChI=1S/C15H24N2O2/c1-3-5-11-16-15(18)19-13-12-17(4-2)14-9-7-6-8-10-14/h6-10H,3-5,11-13H2,1-2H3,(H,16,18). The van der Waals surface area contributed by atoms with Gasteiger partial charge in [-0.3, -0.25) is 0 Å². The van der Waals surface area contributed by atoms with Gasteiger partial charge in [0.15, 0.2) is 0 Å². The zero-order valence-corrected chi connectivity index (χ0v) is 11.9. The topological polar surface area (TPSA) is 41.6 Å². The molecule has 1 N–H and O–H groups in total. The van der Waals surface area contributed by atoms with Crippen molar-refractivity contribution in [2.24, 2.45) is 0 Å². The van der Waals surface area contributed by atoms with Gasteiger partial charge < -0.3 is 15.0 Å². The minimum absolute atomic E-state index is 0.322. The van der Waals surface area contributed by atoms with E-state index in [2.05, 4.69) is 36.2 Å². The van der Waals surface area contributed by atoms with E-state index in [-0.39, 0.29) is 6.09 Å². The molecule has 0 bridgehead atoms. The van der Waals surface area contributed by atoms with Crippen molar-refractivity contribution in [3.63, 3.8) is 0 Å². The molecule has 0 radical (unpaired) electrons. The Morgan fingerprint density at radius 1 is 1.26 bits per heavy atom. The third-order valence-electron chi connectivity index (χ3n) is 2.90. The Morgan fingerprint density at radius 2 is 2.00 bits per heavy atom. The van der Waals surface area contributed by atoms with Crippen LogP contribution in [0.15, 0.2) is 30.3 Å². The molecule has 0 aliphatic carbocycles. The number of carbonyl (C=O) groups excluding carboxylic acids is 1. The number of hydrogen-bond acceptors (Lipinski definition) is 3. The summed E-state index contributed by atoms with van der Waals surface area (Å²) in [4.78, 5) is 13.6. The highest BCUT2D eigenvalue weighted by molar-refractivity contribution is 5.67. The van der Waals surface area contributed by atoms with E-state index in [1.807, 2.05) is 18.2 Å². The number of rotatable bonds is 8. The Labute approximate surface area is 115 Å². The maximum atomic E-state index is 11.4. The van der Waals surface area contributed by atoms with Crippen molar-refractivity contribution in [2.45, 2.75) is 26.7 Å². The molecule has 106 valence electrons. The molecule has 4 heteroatoms. The number of likely N-dealkylation sites (N-methyl/N-ethyl adjacent to an activating group) is 1. The summed E-state index contributed by atoms with van der Waals surface area (Å²) >= 11 is 0. The van der Waals surface area contributed by atoms with E-state index < -0.39 is 0 Å². The second-order valence-electron chi connectivity index (χ2n) is 4.33. The van der Waals surface area contributed by atoms with Crippen LogP contribution in [0.5, 0.6) is 0 Å². The second kappa shape index (κ2) is 9.25. The van der Waals surface area contributed by atoms with Crippen molar-refractivity contribution in [3.8, 4) is 0 Å². The maximum absolute atomic E-state index is 11.4. The molecule has 0 saturated carbocycles. The molecule has 0 aromatic heterocycles. The predicted molar refractivity (Wildman–Crippen MR) is 78.6 cm³/mol. The molecule has 1 amide bonds. The highest BCUT2D eigenvalue weighted by atomic mass is 16.5. The van der Waals surface area contributed by atoms with Gasteiger partial charge >= 0.3 is 6.09 Å². The van der Waals surface area contributed by atoms with Crippen LogP contribution in [0.1, 0.15) is 26.7 Å². The van der Waals surface area contributed by atoms with Crippen LogP contribution in [0, 0.1) is 0 Å². The van der Waals surface area contributed by atoms with E-state index in [1.54, 1.807) is 0 Å². The average Bonchev–Trinajstić information content (AvgIpc) is 2.45. The lowest BCUT2D eigenvalue weighted by Gasteiger charge is -2.22. The summed E-state index contributed by atoms with van der Waals surface area (Å²) < 4.78 is 5.15. The molecule has 0 heterocycles. The van der Waals surface area contributed by atoms with Gasteiger partial charge in [-0.2, -0.15) is 0 Å². The summed E-state index contributed by atoms with van der Waals surface area (Å²) in [6.45, 7) is 6.87. The molecule has 0 unspecified atom stereocenters. The van der Waals surface area contributed by atoms with Crippen molar-refractivity contribution in [1.29, 1.82) is 0 Å². The lowest BCUT2D eigenvalue weighted by Crippen LogP contribution is -2.31. The summed E-state index contributed by atoms with van der Waals surface area (Å²) in [6.07, 6.45) is 1.73. The molecule has 0 aliphatic rings. The summed E-state index contributed by atoms with van der Waals surface area (Å²) in [5.74, 6) is 0. The first kappa shape index (κ1) is 15.3. The number of alkyl carbamates (subject to hydrolysis) is 1. The van der Waals surface area contributed by atoms with Gasteiger partial charge in [-0.1, -0.05) is 31.5 Å². The molecule has 0 aliphatic heterocycles. The zero-order chi connectivity index (χ0) is 13.9. The van der Waals surface area contributed by atoms with Gasteiger partial charge in [0.05, 0.1) is 6.54 Å². The number of benzene rings is 1. The number of para-hydroxylation sites is 1. The summed E-state index contributed by atoms with van der Waals surface area (Å²) in [5.41, 5.74) is 1.15. The predicted octanol–water partition coefficient (Wildman–Crippen LogP) is 3.04. The molecule has 0 atom stereocenters. The number of nitrogens with zero attached hydrogens (tertiary/aromatic N) is 1. The zero-order valence-electron chi connectivity index (χ0n) is 11.9. The molecule has 4 nitrogen and oxygen atoms in total. The lowest BCUT2D eigenvalue weighted by atomic mass is 10.3. The summed E-state index contributed by atoms with van der Waals surface area (Å²) in [7, 11) is 0. The smallest absolute Gasteiger partial charge is 0.407 e. The molecule has 0 fully saturated rings. The van der Waals surface area contributed by atoms with Crippen LogP contribution >= 0.6 is 0 Å². The molecule has 1 rings (SSSR count). The van der Waals surface area contributed by atoms with Gasteiger partial charge in [-0.25, -0.2) is 4.79 Å². The Hall–Kier alpha value is -1.71. The number of ether oxygens (including phenoxy) is 1. The van der Waals surface area contributed by atoms with E-state index >= 15 is 0 Å². The normalized spacial score (nSPS) is 10.0. The van der Waals surface area contributed by atoms with Crippen LogP contribution in [0.25, 0.3) is 0 Å². The SMILES string of the molecule is CCCCNC(=O)OCCN(CC)c1ccccc1. The van der Waals surface area contributed by atoms with Crippen LogP contribution in [0.3, 0.4) is 0 Å². The van der Waals surface area contributed by atoms with Gasteiger partial charge in [0, 0.05) is 18.8 Å². The lowest BCUT2D eigenvalue weighted by molar-refractivity contribution is 0.148. The molecule has 1 aromatic rings. The molecule has 19 heavy (non-hydrogen) atoms. The number of amides is 1. The number of hydrogen-bond donors (Lipinski definition) is 1. The highest BCUT2D eigenvalue weighted by Gasteiger charge is 2.05. The van der Waals surface area contributed by atoms with E-state index in [0.29, 0.717) is 19.7 Å². The van der Waals surface area contributed by atoms with E-state index in [1.165, 1.54) is 0 Å². The minimum Gasteiger partial charge on any atom is -0.448 e. The van der Waals surface area contributed by atoms with Gasteiger partial charge in [-0.05, 0) is 25.5 Å². The third kappa shape index (κ3) is 6.13.